The second kappa shape index (κ2) is 6.08. The van der Waals surface area contributed by atoms with Crippen molar-refractivity contribution in [3.05, 3.63) is 54.2 Å². The zero-order chi connectivity index (χ0) is 19.3. The van der Waals surface area contributed by atoms with Crippen molar-refractivity contribution in [2.75, 3.05) is 12.0 Å². The molecule has 0 unspecified atom stereocenters. The third kappa shape index (κ3) is 2.54. The average molecular weight is 382 g/mol. The van der Waals surface area contributed by atoms with Gasteiger partial charge in [0.1, 0.15) is 36.0 Å². The van der Waals surface area contributed by atoms with Gasteiger partial charge < -0.3 is 15.8 Å². The Labute approximate surface area is 158 Å². The predicted octanol–water partition coefficient (Wildman–Crippen LogP) is 2.81. The minimum absolute atomic E-state index is 0.111. The number of ether oxygens (including phenoxy) is 1. The van der Waals surface area contributed by atoms with Gasteiger partial charge in [0.15, 0.2) is 5.82 Å². The highest BCUT2D eigenvalue weighted by Gasteiger charge is 2.60. The van der Waals surface area contributed by atoms with E-state index < -0.39 is 18.0 Å². The molecule has 1 saturated carbocycles. The maximum atomic E-state index is 14.7. The molecule has 1 aliphatic carbocycles. The number of benzene rings is 1. The van der Waals surface area contributed by atoms with Crippen LogP contribution in [0.25, 0.3) is 11.0 Å². The highest BCUT2D eigenvalue weighted by molar-refractivity contribution is 5.86. The first-order valence-electron chi connectivity index (χ1n) is 8.81. The van der Waals surface area contributed by atoms with E-state index in [4.69, 9.17) is 10.5 Å². The summed E-state index contributed by atoms with van der Waals surface area (Å²) in [5.74, 6) is -0.314. The fourth-order valence-electron chi connectivity index (χ4n) is 3.78. The fourth-order valence-corrected chi connectivity index (χ4v) is 3.78. The molecule has 3 atom stereocenters. The first-order valence-corrected chi connectivity index (χ1v) is 8.81. The lowest BCUT2D eigenvalue weighted by Crippen LogP contribution is -2.39. The first-order chi connectivity index (χ1) is 13.6. The van der Waals surface area contributed by atoms with Crippen LogP contribution in [0, 0.1) is 11.7 Å². The Balaban J connectivity index is 1.57. The number of nitrogens with one attached hydrogen (secondary N) is 1. The van der Waals surface area contributed by atoms with Crippen molar-refractivity contribution < 1.29 is 13.5 Å². The summed E-state index contributed by atoms with van der Waals surface area (Å²) >= 11 is 0. The molecule has 3 aromatic rings. The molecule has 9 heteroatoms. The predicted molar refractivity (Wildman–Crippen MR) is 99.3 cm³/mol. The van der Waals surface area contributed by atoms with E-state index in [1.54, 1.807) is 24.4 Å². The fraction of sp³-hybridized carbons (Fsp3) is 0.263. The van der Waals surface area contributed by atoms with Crippen LogP contribution in [-0.2, 0) is 10.3 Å². The van der Waals surface area contributed by atoms with Crippen molar-refractivity contribution in [1.82, 2.24) is 15.0 Å². The minimum atomic E-state index is -1.37. The van der Waals surface area contributed by atoms with Gasteiger partial charge in [-0.05, 0) is 36.8 Å². The summed E-state index contributed by atoms with van der Waals surface area (Å²) in [7, 11) is 0. The van der Waals surface area contributed by atoms with Gasteiger partial charge in [-0.3, -0.25) is 4.98 Å². The first kappa shape index (κ1) is 16.8. The van der Waals surface area contributed by atoms with Crippen molar-refractivity contribution >= 4 is 28.6 Å². The van der Waals surface area contributed by atoms with Crippen molar-refractivity contribution in [3.63, 3.8) is 0 Å². The molecular formula is C19H16F2N6O. The molecule has 0 radical (unpaired) electrons. The van der Waals surface area contributed by atoms with E-state index >= 15 is 0 Å². The third-order valence-electron chi connectivity index (χ3n) is 5.22. The van der Waals surface area contributed by atoms with E-state index in [0.717, 1.165) is 0 Å². The second-order valence-corrected chi connectivity index (χ2v) is 6.92. The van der Waals surface area contributed by atoms with Crippen molar-refractivity contribution in [1.29, 1.82) is 0 Å². The topological polar surface area (TPSA) is 98.3 Å². The number of amidine groups is 1. The lowest BCUT2D eigenvalue weighted by atomic mass is 9.85. The van der Waals surface area contributed by atoms with Crippen LogP contribution >= 0.6 is 0 Å². The highest BCUT2D eigenvalue weighted by Crippen LogP contribution is 2.53. The summed E-state index contributed by atoms with van der Waals surface area (Å²) in [4.78, 5) is 16.9. The van der Waals surface area contributed by atoms with Crippen LogP contribution in [0.3, 0.4) is 0 Å². The quantitative estimate of drug-likeness (QED) is 0.720. The number of nitrogens with zero attached hydrogens (tertiary/aromatic N) is 4. The molecule has 1 aromatic carbocycles. The molecule has 3 heterocycles. The Morgan fingerprint density at radius 1 is 1.25 bits per heavy atom. The molecule has 142 valence electrons. The Morgan fingerprint density at radius 2 is 2.14 bits per heavy atom. The van der Waals surface area contributed by atoms with Gasteiger partial charge in [-0.2, -0.15) is 0 Å². The van der Waals surface area contributed by atoms with Crippen LogP contribution in [0.2, 0.25) is 0 Å². The van der Waals surface area contributed by atoms with Crippen LogP contribution in [-0.4, -0.2) is 33.8 Å². The molecule has 2 aromatic heterocycles. The smallest absolute Gasteiger partial charge is 0.283 e. The number of alkyl halides is 1. The number of halogens is 2. The zero-order valence-electron chi connectivity index (χ0n) is 14.6. The number of anilines is 2. The summed E-state index contributed by atoms with van der Waals surface area (Å²) in [6.07, 6.45) is 3.42. The molecule has 0 spiro atoms. The molecular weight excluding hydrogens is 366 g/mol. The standard InChI is InChI=1S/C19H16F2N6O/c20-8-19(12-7-15(12)28-18(22)27-19)11-6-10(3-4-13(11)21)26-17-16-14(24-9-25-17)2-1-5-23-16/h1-6,9,12,15H,7-8H2,(H2,22,27)(H,24,25,26)/t12-,15+,19+/m0/s1. The highest BCUT2D eigenvalue weighted by atomic mass is 19.1. The molecule has 2 aliphatic rings. The molecule has 0 bridgehead atoms. The number of nitrogens with two attached hydrogens (primary N) is 1. The Morgan fingerprint density at radius 3 is 3.00 bits per heavy atom. The van der Waals surface area contributed by atoms with Gasteiger partial charge >= 0.3 is 0 Å². The number of hydrogen-bond donors (Lipinski definition) is 2. The van der Waals surface area contributed by atoms with E-state index in [2.05, 4.69) is 25.3 Å². The Kier molecular flexibility index (Phi) is 3.65. The average Bonchev–Trinajstić information content (AvgIpc) is 3.49. The molecule has 0 amide bonds. The lowest BCUT2D eigenvalue weighted by molar-refractivity contribution is 0.168. The monoisotopic (exact) mass is 382 g/mol. The van der Waals surface area contributed by atoms with Crippen LogP contribution in [0.5, 0.6) is 0 Å². The number of pyridine rings is 1. The summed E-state index contributed by atoms with van der Waals surface area (Å²) in [5, 5.41) is 3.12. The molecule has 7 nitrogen and oxygen atoms in total. The van der Waals surface area contributed by atoms with E-state index in [9.17, 15) is 8.78 Å². The van der Waals surface area contributed by atoms with Crippen molar-refractivity contribution in [2.45, 2.75) is 18.1 Å². The molecule has 3 N–H and O–H groups in total. The van der Waals surface area contributed by atoms with Crippen LogP contribution < -0.4 is 11.1 Å². The van der Waals surface area contributed by atoms with Gasteiger partial charge in [0, 0.05) is 23.4 Å². The van der Waals surface area contributed by atoms with Crippen molar-refractivity contribution in [2.24, 2.45) is 16.6 Å². The maximum absolute atomic E-state index is 14.7. The van der Waals surface area contributed by atoms with E-state index in [0.29, 0.717) is 29.0 Å². The normalized spacial score (nSPS) is 25.6. The molecule has 1 fully saturated rings. The van der Waals surface area contributed by atoms with Gasteiger partial charge in [0.25, 0.3) is 6.02 Å². The summed E-state index contributed by atoms with van der Waals surface area (Å²) in [6, 6.07) is 7.86. The zero-order valence-corrected chi connectivity index (χ0v) is 14.6. The second-order valence-electron chi connectivity index (χ2n) is 6.92. The summed E-state index contributed by atoms with van der Waals surface area (Å²) < 4.78 is 34.2. The van der Waals surface area contributed by atoms with Crippen molar-refractivity contribution in [3.8, 4) is 0 Å². The van der Waals surface area contributed by atoms with E-state index in [1.807, 2.05) is 6.07 Å². The number of hydrogen-bond acceptors (Lipinski definition) is 7. The van der Waals surface area contributed by atoms with Gasteiger partial charge in [0.05, 0.1) is 5.52 Å². The lowest BCUT2D eigenvalue weighted by Gasteiger charge is -2.31. The number of aliphatic imine (C=N–C) groups is 1. The maximum Gasteiger partial charge on any atom is 0.283 e. The van der Waals surface area contributed by atoms with Crippen LogP contribution in [0.15, 0.2) is 47.8 Å². The largest absolute Gasteiger partial charge is 0.462 e. The molecule has 5 rings (SSSR count). The SMILES string of the molecule is NC1=N[C@](CF)(c2cc(Nc3ncnc4cccnc34)ccc2F)[C@H]2C[C@H]2O1. The van der Waals surface area contributed by atoms with Crippen LogP contribution in [0.1, 0.15) is 12.0 Å². The summed E-state index contributed by atoms with van der Waals surface area (Å²) in [5.41, 5.74) is 6.26. The van der Waals surface area contributed by atoms with Gasteiger partial charge in [-0.15, -0.1) is 0 Å². The van der Waals surface area contributed by atoms with Gasteiger partial charge in [0.2, 0.25) is 0 Å². The van der Waals surface area contributed by atoms with Gasteiger partial charge in [-0.25, -0.2) is 23.7 Å². The van der Waals surface area contributed by atoms with Crippen LogP contribution in [0.4, 0.5) is 20.3 Å². The number of rotatable bonds is 4. The Hall–Kier alpha value is -3.36. The third-order valence-corrected chi connectivity index (χ3v) is 5.22. The number of aromatic nitrogens is 3. The minimum Gasteiger partial charge on any atom is -0.462 e. The number of fused-ring (bicyclic) bond motifs is 2. The van der Waals surface area contributed by atoms with Gasteiger partial charge in [-0.1, -0.05) is 0 Å². The molecule has 28 heavy (non-hydrogen) atoms. The molecule has 0 saturated heterocycles. The van der Waals surface area contributed by atoms with E-state index in [-0.39, 0.29) is 23.6 Å². The molecule has 1 aliphatic heterocycles. The Bertz CT molecular complexity index is 1100. The van der Waals surface area contributed by atoms with E-state index in [1.165, 1.54) is 12.4 Å². The summed E-state index contributed by atoms with van der Waals surface area (Å²) in [6.45, 7) is -0.864.